The molecule has 0 aliphatic carbocycles. The molecule has 2 aromatic heterocycles. The average Bonchev–Trinajstić information content (AvgIpc) is 3.62. The summed E-state index contributed by atoms with van der Waals surface area (Å²) in [6, 6.07) is 38.1. The predicted molar refractivity (Wildman–Crippen MR) is 208 cm³/mol. The number of hydrogen-bond donors (Lipinski definition) is 0. The Bertz CT molecular complexity index is 2680. The molecule has 0 unspecified atom stereocenters. The van der Waals surface area contributed by atoms with Crippen LogP contribution in [0.5, 0.6) is 0 Å². The number of para-hydroxylation sites is 2. The number of benzene rings is 6. The first-order valence-corrected chi connectivity index (χ1v) is 17.6. The van der Waals surface area contributed by atoms with E-state index in [9.17, 15) is 17.6 Å². The van der Waals surface area contributed by atoms with Gasteiger partial charge in [0.05, 0.1) is 27.6 Å². The summed E-state index contributed by atoms with van der Waals surface area (Å²) in [4.78, 5) is 0. The van der Waals surface area contributed by atoms with E-state index < -0.39 is 18.4 Å². The number of rotatable bonds is 4. The van der Waals surface area contributed by atoms with E-state index in [4.69, 9.17) is 0 Å². The van der Waals surface area contributed by atoms with Gasteiger partial charge in [0.15, 0.2) is 0 Å². The molecular formula is C46H40F4N2. The molecule has 6 aromatic carbocycles. The molecule has 262 valence electrons. The van der Waals surface area contributed by atoms with Crippen LogP contribution in [0.3, 0.4) is 0 Å². The maximum absolute atomic E-state index is 14.8. The standard InChI is InChI=1S/C46H40F4N2/c1-44(2,3)31-15-17-38-36-11-7-9-13-40(36)51(42(38)25-31)34-20-28(27-47)19-29(22-34)30-21-33(46(48,49)50)24-35(23-30)52-41-14-10-8-12-37(41)39-18-16-32(26-43(39)52)45(4,5)6/h7-26H,27H2,1-6H3. The van der Waals surface area contributed by atoms with Gasteiger partial charge in [-0.1, -0.05) is 102 Å². The van der Waals surface area contributed by atoms with Gasteiger partial charge in [-0.3, -0.25) is 0 Å². The van der Waals surface area contributed by atoms with Crippen LogP contribution in [0, 0.1) is 0 Å². The van der Waals surface area contributed by atoms with E-state index in [2.05, 4.69) is 88.6 Å². The maximum Gasteiger partial charge on any atom is 0.416 e. The molecule has 0 amide bonds. The number of fused-ring (bicyclic) bond motifs is 6. The highest BCUT2D eigenvalue weighted by Crippen LogP contribution is 2.41. The van der Waals surface area contributed by atoms with Gasteiger partial charge in [-0.25, -0.2) is 4.39 Å². The van der Waals surface area contributed by atoms with Crippen LogP contribution in [0.2, 0.25) is 0 Å². The zero-order chi connectivity index (χ0) is 36.7. The van der Waals surface area contributed by atoms with Crippen LogP contribution in [-0.2, 0) is 23.7 Å². The van der Waals surface area contributed by atoms with Crippen molar-refractivity contribution in [1.82, 2.24) is 9.13 Å². The maximum atomic E-state index is 14.8. The summed E-state index contributed by atoms with van der Waals surface area (Å²) in [5.74, 6) is 0. The molecule has 0 aliphatic rings. The molecule has 0 atom stereocenters. The first-order chi connectivity index (χ1) is 24.6. The summed E-state index contributed by atoms with van der Waals surface area (Å²) in [5, 5.41) is 4.02. The highest BCUT2D eigenvalue weighted by atomic mass is 19.4. The monoisotopic (exact) mass is 696 g/mol. The van der Waals surface area contributed by atoms with Crippen molar-refractivity contribution in [2.75, 3.05) is 0 Å². The SMILES string of the molecule is CC(C)(C)c1ccc2c3ccccc3n(-c3cc(CF)cc(-c4cc(-n5c6ccccc6c6ccc(C(C)(C)C)cc65)cc(C(F)(F)F)c4)c3)c2c1. The van der Waals surface area contributed by atoms with Crippen LogP contribution >= 0.6 is 0 Å². The Balaban J connectivity index is 1.41. The largest absolute Gasteiger partial charge is 0.416 e. The number of halogens is 4. The molecule has 8 aromatic rings. The van der Waals surface area contributed by atoms with Gasteiger partial charge in [-0.15, -0.1) is 0 Å². The van der Waals surface area contributed by atoms with Crippen LogP contribution in [-0.4, -0.2) is 9.13 Å². The van der Waals surface area contributed by atoms with Crippen molar-refractivity contribution in [2.24, 2.45) is 0 Å². The van der Waals surface area contributed by atoms with Crippen molar-refractivity contribution in [3.05, 3.63) is 144 Å². The van der Waals surface area contributed by atoms with Crippen LogP contribution < -0.4 is 0 Å². The quantitative estimate of drug-likeness (QED) is 0.162. The summed E-state index contributed by atoms with van der Waals surface area (Å²) in [6.07, 6.45) is -4.61. The Labute approximate surface area is 300 Å². The Hall–Kier alpha value is -5.36. The fraction of sp³-hybridized carbons (Fsp3) is 0.217. The minimum atomic E-state index is -4.61. The van der Waals surface area contributed by atoms with Gasteiger partial charge in [0.25, 0.3) is 0 Å². The Morgan fingerprint density at radius 2 is 0.885 bits per heavy atom. The zero-order valence-electron chi connectivity index (χ0n) is 30.2. The Morgan fingerprint density at radius 1 is 0.442 bits per heavy atom. The molecule has 52 heavy (non-hydrogen) atoms. The first kappa shape index (κ1) is 33.8. The normalized spacial score (nSPS) is 12.9. The minimum absolute atomic E-state index is 0.115. The number of aromatic nitrogens is 2. The average molecular weight is 697 g/mol. The van der Waals surface area contributed by atoms with E-state index in [-0.39, 0.29) is 10.8 Å². The van der Waals surface area contributed by atoms with Crippen molar-refractivity contribution < 1.29 is 17.6 Å². The molecule has 0 aliphatic heterocycles. The second-order valence-electron chi connectivity index (χ2n) is 16.0. The number of nitrogens with zero attached hydrogens (tertiary/aromatic N) is 2. The van der Waals surface area contributed by atoms with Crippen molar-refractivity contribution in [2.45, 2.75) is 65.2 Å². The molecule has 0 N–H and O–H groups in total. The first-order valence-electron chi connectivity index (χ1n) is 17.6. The molecule has 6 heteroatoms. The van der Waals surface area contributed by atoms with Crippen molar-refractivity contribution in [3.8, 4) is 22.5 Å². The molecule has 0 fully saturated rings. The molecule has 8 rings (SSSR count). The molecule has 0 bridgehead atoms. The van der Waals surface area contributed by atoms with E-state index in [0.717, 1.165) is 54.7 Å². The lowest BCUT2D eigenvalue weighted by Crippen LogP contribution is -2.11. The second-order valence-corrected chi connectivity index (χ2v) is 16.0. The summed E-state index contributed by atoms with van der Waals surface area (Å²) >= 11 is 0. The fourth-order valence-corrected chi connectivity index (χ4v) is 7.55. The fourth-order valence-electron chi connectivity index (χ4n) is 7.55. The Morgan fingerprint density at radius 3 is 1.35 bits per heavy atom. The van der Waals surface area contributed by atoms with Gasteiger partial charge < -0.3 is 9.13 Å². The molecule has 0 saturated carbocycles. The second kappa shape index (κ2) is 11.8. The van der Waals surface area contributed by atoms with Crippen molar-refractivity contribution in [1.29, 1.82) is 0 Å². The van der Waals surface area contributed by atoms with E-state index in [1.54, 1.807) is 18.2 Å². The van der Waals surface area contributed by atoms with Crippen molar-refractivity contribution in [3.63, 3.8) is 0 Å². The molecule has 0 spiro atoms. The van der Waals surface area contributed by atoms with E-state index in [0.29, 0.717) is 28.1 Å². The molecule has 0 radical (unpaired) electrons. The summed E-state index contributed by atoms with van der Waals surface area (Å²) in [7, 11) is 0. The van der Waals surface area contributed by atoms with E-state index >= 15 is 0 Å². The van der Waals surface area contributed by atoms with Crippen LogP contribution in [0.15, 0.2) is 121 Å². The van der Waals surface area contributed by atoms with Crippen molar-refractivity contribution >= 4 is 43.6 Å². The van der Waals surface area contributed by atoms with Gasteiger partial charge in [0.1, 0.15) is 6.67 Å². The lowest BCUT2D eigenvalue weighted by Gasteiger charge is -2.20. The van der Waals surface area contributed by atoms with Gasteiger partial charge in [0, 0.05) is 32.9 Å². The smallest absolute Gasteiger partial charge is 0.309 e. The van der Waals surface area contributed by atoms with Gasteiger partial charge in [-0.05, 0) is 99.3 Å². The molecule has 2 nitrogen and oxygen atoms in total. The molecular weight excluding hydrogens is 657 g/mol. The minimum Gasteiger partial charge on any atom is -0.309 e. The summed E-state index contributed by atoms with van der Waals surface area (Å²) in [5.41, 5.74) is 7.05. The third-order valence-electron chi connectivity index (χ3n) is 10.3. The predicted octanol–water partition coefficient (Wildman–Crippen LogP) is 13.6. The van der Waals surface area contributed by atoms with Crippen LogP contribution in [0.1, 0.15) is 63.8 Å². The molecule has 2 heterocycles. The highest BCUT2D eigenvalue weighted by molar-refractivity contribution is 6.10. The summed E-state index contributed by atoms with van der Waals surface area (Å²) in [6.45, 7) is 12.1. The number of alkyl halides is 4. The zero-order valence-corrected chi connectivity index (χ0v) is 30.2. The van der Waals surface area contributed by atoms with Crippen LogP contribution in [0.4, 0.5) is 17.6 Å². The summed E-state index contributed by atoms with van der Waals surface area (Å²) < 4.78 is 63.2. The third-order valence-corrected chi connectivity index (χ3v) is 10.3. The third kappa shape index (κ3) is 5.65. The highest BCUT2D eigenvalue weighted by Gasteiger charge is 2.32. The van der Waals surface area contributed by atoms with E-state index in [1.165, 1.54) is 12.1 Å². The lowest BCUT2D eigenvalue weighted by molar-refractivity contribution is -0.137. The van der Waals surface area contributed by atoms with E-state index in [1.807, 2.05) is 53.1 Å². The van der Waals surface area contributed by atoms with Gasteiger partial charge in [-0.2, -0.15) is 13.2 Å². The lowest BCUT2D eigenvalue weighted by atomic mass is 9.86. The Kier molecular flexibility index (Phi) is 7.69. The van der Waals surface area contributed by atoms with Gasteiger partial charge >= 0.3 is 6.18 Å². The van der Waals surface area contributed by atoms with Gasteiger partial charge in [0.2, 0.25) is 0 Å². The number of hydrogen-bond acceptors (Lipinski definition) is 0. The topological polar surface area (TPSA) is 9.86 Å². The molecule has 0 saturated heterocycles. The van der Waals surface area contributed by atoms with Crippen LogP contribution in [0.25, 0.3) is 66.1 Å².